The Balaban J connectivity index is 2.13. The molecule has 0 heterocycles. The molecule has 2 aromatic carbocycles. The van der Waals surface area contributed by atoms with Gasteiger partial charge in [-0.05, 0) is 23.8 Å². The van der Waals surface area contributed by atoms with Crippen LogP contribution in [0.15, 0.2) is 47.6 Å². The zero-order valence-electron chi connectivity index (χ0n) is 11.5. The SMILES string of the molecule is COc1cc(F)ccc1NCc1cccc(C(N)=NO)c1. The lowest BCUT2D eigenvalue weighted by molar-refractivity contribution is 0.318. The van der Waals surface area contributed by atoms with Gasteiger partial charge >= 0.3 is 0 Å². The van der Waals surface area contributed by atoms with E-state index >= 15 is 0 Å². The van der Waals surface area contributed by atoms with Crippen molar-refractivity contribution in [2.75, 3.05) is 12.4 Å². The molecule has 0 saturated carbocycles. The Morgan fingerprint density at radius 3 is 2.86 bits per heavy atom. The molecule has 0 atom stereocenters. The fourth-order valence-corrected chi connectivity index (χ4v) is 1.91. The van der Waals surface area contributed by atoms with E-state index in [0.717, 1.165) is 5.56 Å². The Labute approximate surface area is 121 Å². The van der Waals surface area contributed by atoms with E-state index in [1.807, 2.05) is 12.1 Å². The average molecular weight is 289 g/mol. The van der Waals surface area contributed by atoms with Crippen molar-refractivity contribution in [1.82, 2.24) is 0 Å². The van der Waals surface area contributed by atoms with Crippen LogP contribution in [0, 0.1) is 5.82 Å². The second-order valence-corrected chi connectivity index (χ2v) is 4.38. The summed E-state index contributed by atoms with van der Waals surface area (Å²) >= 11 is 0. The Hall–Kier alpha value is -2.76. The van der Waals surface area contributed by atoms with Crippen molar-refractivity contribution in [2.24, 2.45) is 10.9 Å². The molecule has 0 saturated heterocycles. The minimum Gasteiger partial charge on any atom is -0.494 e. The molecule has 0 bridgehead atoms. The average Bonchev–Trinajstić information content (AvgIpc) is 2.53. The topological polar surface area (TPSA) is 79.9 Å². The molecule has 21 heavy (non-hydrogen) atoms. The Morgan fingerprint density at radius 1 is 1.33 bits per heavy atom. The molecule has 2 aromatic rings. The Kier molecular flexibility index (Phi) is 4.61. The summed E-state index contributed by atoms with van der Waals surface area (Å²) in [5, 5.41) is 14.8. The maximum absolute atomic E-state index is 13.1. The summed E-state index contributed by atoms with van der Waals surface area (Å²) in [6.45, 7) is 0.495. The van der Waals surface area contributed by atoms with Crippen LogP contribution in [0.4, 0.5) is 10.1 Å². The highest BCUT2D eigenvalue weighted by Crippen LogP contribution is 2.25. The monoisotopic (exact) mass is 289 g/mol. The van der Waals surface area contributed by atoms with E-state index in [4.69, 9.17) is 15.7 Å². The molecule has 6 heteroatoms. The minimum atomic E-state index is -0.355. The predicted octanol–water partition coefficient (Wildman–Crippen LogP) is 2.54. The summed E-state index contributed by atoms with van der Waals surface area (Å²) in [6.07, 6.45) is 0. The normalized spacial score (nSPS) is 11.2. The quantitative estimate of drug-likeness (QED) is 0.342. The molecule has 4 N–H and O–H groups in total. The summed E-state index contributed by atoms with van der Waals surface area (Å²) in [4.78, 5) is 0. The highest BCUT2D eigenvalue weighted by atomic mass is 19.1. The molecule has 110 valence electrons. The molecular formula is C15H16FN3O2. The molecule has 0 unspecified atom stereocenters. The van der Waals surface area contributed by atoms with Crippen LogP contribution in [-0.4, -0.2) is 18.2 Å². The first-order valence-corrected chi connectivity index (χ1v) is 6.28. The zero-order valence-corrected chi connectivity index (χ0v) is 11.5. The third-order valence-electron chi connectivity index (χ3n) is 2.98. The Morgan fingerprint density at radius 2 is 2.14 bits per heavy atom. The van der Waals surface area contributed by atoms with Gasteiger partial charge < -0.3 is 21.0 Å². The molecule has 0 fully saturated rings. The molecule has 0 aliphatic heterocycles. The molecule has 0 aliphatic carbocycles. The maximum atomic E-state index is 13.1. The van der Waals surface area contributed by atoms with Crippen molar-refractivity contribution in [3.05, 3.63) is 59.4 Å². The molecule has 0 aliphatic rings. The van der Waals surface area contributed by atoms with Gasteiger partial charge in [-0.1, -0.05) is 23.4 Å². The highest BCUT2D eigenvalue weighted by Gasteiger charge is 2.05. The number of anilines is 1. The summed E-state index contributed by atoms with van der Waals surface area (Å²) in [6, 6.07) is 11.5. The van der Waals surface area contributed by atoms with Crippen LogP contribution in [0.3, 0.4) is 0 Å². The standard InChI is InChI=1S/C15H16FN3O2/c1-21-14-8-12(16)5-6-13(14)18-9-10-3-2-4-11(7-10)15(17)19-20/h2-8,18,20H,9H2,1H3,(H2,17,19). The third kappa shape index (κ3) is 3.62. The number of halogens is 1. The number of nitrogens with two attached hydrogens (primary N) is 1. The van der Waals surface area contributed by atoms with Crippen LogP contribution >= 0.6 is 0 Å². The first kappa shape index (κ1) is 14.6. The zero-order chi connectivity index (χ0) is 15.2. The number of ether oxygens (including phenoxy) is 1. The van der Waals surface area contributed by atoms with E-state index in [1.165, 1.54) is 19.2 Å². The van der Waals surface area contributed by atoms with Gasteiger partial charge in [-0.3, -0.25) is 0 Å². The van der Waals surface area contributed by atoms with E-state index < -0.39 is 0 Å². The van der Waals surface area contributed by atoms with Gasteiger partial charge in [0.15, 0.2) is 5.84 Å². The summed E-state index contributed by atoms with van der Waals surface area (Å²) in [5.74, 6) is 0.130. The van der Waals surface area contributed by atoms with Gasteiger partial charge in [0.05, 0.1) is 12.8 Å². The van der Waals surface area contributed by atoms with Gasteiger partial charge in [0.1, 0.15) is 11.6 Å². The van der Waals surface area contributed by atoms with Gasteiger partial charge in [0.2, 0.25) is 0 Å². The van der Waals surface area contributed by atoms with Crippen LogP contribution in [-0.2, 0) is 6.54 Å². The smallest absolute Gasteiger partial charge is 0.170 e. The molecule has 2 rings (SSSR count). The van der Waals surface area contributed by atoms with Crippen molar-refractivity contribution in [3.8, 4) is 5.75 Å². The van der Waals surface area contributed by atoms with Gasteiger partial charge in [0.25, 0.3) is 0 Å². The first-order valence-electron chi connectivity index (χ1n) is 6.28. The molecule has 0 aromatic heterocycles. The van der Waals surface area contributed by atoms with E-state index in [9.17, 15) is 4.39 Å². The largest absolute Gasteiger partial charge is 0.494 e. The van der Waals surface area contributed by atoms with Crippen LogP contribution in [0.2, 0.25) is 0 Å². The predicted molar refractivity (Wildman–Crippen MR) is 79.2 cm³/mol. The van der Waals surface area contributed by atoms with Crippen molar-refractivity contribution < 1.29 is 14.3 Å². The second kappa shape index (κ2) is 6.60. The van der Waals surface area contributed by atoms with Crippen LogP contribution in [0.1, 0.15) is 11.1 Å². The molecule has 0 radical (unpaired) electrons. The fraction of sp³-hybridized carbons (Fsp3) is 0.133. The van der Waals surface area contributed by atoms with Crippen molar-refractivity contribution in [2.45, 2.75) is 6.54 Å². The number of amidine groups is 1. The van der Waals surface area contributed by atoms with Crippen molar-refractivity contribution in [3.63, 3.8) is 0 Å². The van der Waals surface area contributed by atoms with Crippen LogP contribution < -0.4 is 15.8 Å². The highest BCUT2D eigenvalue weighted by molar-refractivity contribution is 5.97. The van der Waals surface area contributed by atoms with E-state index in [0.29, 0.717) is 23.5 Å². The second-order valence-electron chi connectivity index (χ2n) is 4.38. The first-order chi connectivity index (χ1) is 10.1. The van der Waals surface area contributed by atoms with E-state index in [2.05, 4.69) is 10.5 Å². The fourth-order valence-electron chi connectivity index (χ4n) is 1.91. The molecular weight excluding hydrogens is 273 g/mol. The summed E-state index contributed by atoms with van der Waals surface area (Å²) in [7, 11) is 1.49. The van der Waals surface area contributed by atoms with Crippen molar-refractivity contribution in [1.29, 1.82) is 0 Å². The van der Waals surface area contributed by atoms with Gasteiger partial charge in [-0.25, -0.2) is 4.39 Å². The van der Waals surface area contributed by atoms with Gasteiger partial charge in [0, 0.05) is 18.2 Å². The van der Waals surface area contributed by atoms with Crippen molar-refractivity contribution >= 4 is 11.5 Å². The molecule has 0 spiro atoms. The Bertz CT molecular complexity index is 659. The number of hydrogen-bond acceptors (Lipinski definition) is 4. The molecule has 5 nitrogen and oxygen atoms in total. The third-order valence-corrected chi connectivity index (χ3v) is 2.98. The number of hydrogen-bond donors (Lipinski definition) is 3. The number of benzene rings is 2. The minimum absolute atomic E-state index is 0.0520. The lowest BCUT2D eigenvalue weighted by Crippen LogP contribution is -2.13. The van der Waals surface area contributed by atoms with E-state index in [-0.39, 0.29) is 11.7 Å². The van der Waals surface area contributed by atoms with Crippen LogP contribution in [0.5, 0.6) is 5.75 Å². The number of nitrogens with zero attached hydrogens (tertiary/aromatic N) is 1. The number of methoxy groups -OCH3 is 1. The number of rotatable bonds is 5. The summed E-state index contributed by atoms with van der Waals surface area (Å²) < 4.78 is 18.2. The lowest BCUT2D eigenvalue weighted by Gasteiger charge is -2.11. The molecule has 0 amide bonds. The number of nitrogens with one attached hydrogen (secondary N) is 1. The summed E-state index contributed by atoms with van der Waals surface area (Å²) in [5.41, 5.74) is 7.80. The number of oxime groups is 1. The van der Waals surface area contributed by atoms with Gasteiger partial charge in [-0.15, -0.1) is 0 Å². The van der Waals surface area contributed by atoms with Crippen LogP contribution in [0.25, 0.3) is 0 Å². The lowest BCUT2D eigenvalue weighted by atomic mass is 10.1. The maximum Gasteiger partial charge on any atom is 0.170 e. The van der Waals surface area contributed by atoms with E-state index in [1.54, 1.807) is 18.2 Å². The van der Waals surface area contributed by atoms with Gasteiger partial charge in [-0.2, -0.15) is 0 Å².